The van der Waals surface area contributed by atoms with Crippen LogP contribution in [0.2, 0.25) is 0 Å². The Morgan fingerprint density at radius 1 is 1.36 bits per heavy atom. The molecule has 3 rings (SSSR count). The Hall–Kier alpha value is -2.83. The topological polar surface area (TPSA) is 76.5 Å². The lowest BCUT2D eigenvalue weighted by Gasteiger charge is -2.18. The average molecular weight is 342 g/mol. The largest absolute Gasteiger partial charge is 0.484 e. The maximum absolute atomic E-state index is 11.9. The molecule has 0 radical (unpaired) electrons. The molecule has 1 amide bonds. The van der Waals surface area contributed by atoms with Crippen LogP contribution < -0.4 is 20.5 Å². The zero-order chi connectivity index (χ0) is 17.6. The van der Waals surface area contributed by atoms with Crippen molar-refractivity contribution in [2.24, 2.45) is 13.0 Å². The number of nitrogens with one attached hydrogen (secondary N) is 1. The summed E-state index contributed by atoms with van der Waals surface area (Å²) in [7, 11) is 1.63. The van der Waals surface area contributed by atoms with Crippen molar-refractivity contribution < 1.29 is 9.53 Å². The smallest absolute Gasteiger partial charge is 0.268 e. The third-order valence-corrected chi connectivity index (χ3v) is 4.31. The first-order valence-corrected chi connectivity index (χ1v) is 8.34. The quantitative estimate of drug-likeness (QED) is 0.840. The summed E-state index contributed by atoms with van der Waals surface area (Å²) in [6.07, 6.45) is 2.67. The molecule has 1 aliphatic heterocycles. The first kappa shape index (κ1) is 17.0. The van der Waals surface area contributed by atoms with Crippen molar-refractivity contribution in [2.75, 3.05) is 31.1 Å². The fourth-order valence-electron chi connectivity index (χ4n) is 2.84. The van der Waals surface area contributed by atoms with Gasteiger partial charge in [0.15, 0.2) is 6.61 Å². The second-order valence-electron chi connectivity index (χ2n) is 6.18. The summed E-state index contributed by atoms with van der Waals surface area (Å²) in [5.41, 5.74) is 0.719. The van der Waals surface area contributed by atoms with Crippen molar-refractivity contribution in [2.45, 2.75) is 6.42 Å². The molecular weight excluding hydrogens is 320 g/mol. The second kappa shape index (κ2) is 7.83. The van der Waals surface area contributed by atoms with Gasteiger partial charge in [-0.25, -0.2) is 4.68 Å². The first-order chi connectivity index (χ1) is 12.1. The Morgan fingerprint density at radius 2 is 2.16 bits per heavy atom. The number of para-hydroxylation sites is 1. The number of amides is 1. The zero-order valence-corrected chi connectivity index (χ0v) is 14.2. The number of aryl methyl sites for hydroxylation is 1. The van der Waals surface area contributed by atoms with Crippen LogP contribution in [-0.2, 0) is 11.8 Å². The van der Waals surface area contributed by atoms with Gasteiger partial charge in [-0.1, -0.05) is 18.2 Å². The molecule has 0 saturated carbocycles. The molecule has 7 heteroatoms. The number of ether oxygens (including phenoxy) is 1. The molecule has 2 heterocycles. The molecule has 1 N–H and O–H groups in total. The highest BCUT2D eigenvalue weighted by Crippen LogP contribution is 2.21. The molecule has 0 spiro atoms. The van der Waals surface area contributed by atoms with Crippen LogP contribution in [0.15, 0.2) is 47.4 Å². The molecule has 0 unspecified atom stereocenters. The van der Waals surface area contributed by atoms with Gasteiger partial charge in [0.1, 0.15) is 5.75 Å². The summed E-state index contributed by atoms with van der Waals surface area (Å²) in [5.74, 6) is 0.908. The van der Waals surface area contributed by atoms with Gasteiger partial charge in [-0.3, -0.25) is 9.59 Å². The molecule has 1 saturated heterocycles. The van der Waals surface area contributed by atoms with Crippen molar-refractivity contribution in [3.8, 4) is 5.75 Å². The van der Waals surface area contributed by atoms with E-state index >= 15 is 0 Å². The lowest BCUT2D eigenvalue weighted by atomic mass is 10.1. The van der Waals surface area contributed by atoms with Crippen LogP contribution in [-0.4, -0.2) is 41.9 Å². The number of carbonyl (C=O) groups excluding carboxylic acids is 1. The molecule has 1 fully saturated rings. The maximum atomic E-state index is 11.9. The van der Waals surface area contributed by atoms with Crippen LogP contribution in [0.1, 0.15) is 6.42 Å². The van der Waals surface area contributed by atoms with E-state index in [1.807, 2.05) is 30.3 Å². The summed E-state index contributed by atoms with van der Waals surface area (Å²) in [6.45, 7) is 2.27. The number of hydrogen-bond acceptors (Lipinski definition) is 5. The van der Waals surface area contributed by atoms with Crippen LogP contribution >= 0.6 is 0 Å². The molecule has 132 valence electrons. The highest BCUT2D eigenvalue weighted by Gasteiger charge is 2.23. The van der Waals surface area contributed by atoms with Gasteiger partial charge in [0.25, 0.3) is 11.5 Å². The molecule has 1 aliphatic rings. The Kier molecular flexibility index (Phi) is 5.33. The van der Waals surface area contributed by atoms with E-state index in [0.29, 0.717) is 18.2 Å². The summed E-state index contributed by atoms with van der Waals surface area (Å²) >= 11 is 0. The van der Waals surface area contributed by atoms with Crippen LogP contribution in [0.25, 0.3) is 0 Å². The minimum absolute atomic E-state index is 0.0130. The summed E-state index contributed by atoms with van der Waals surface area (Å²) < 4.78 is 6.74. The number of anilines is 1. The van der Waals surface area contributed by atoms with E-state index < -0.39 is 0 Å². The van der Waals surface area contributed by atoms with Crippen molar-refractivity contribution >= 4 is 11.6 Å². The number of carbonyl (C=O) groups is 1. The standard InChI is InChI=1S/C18H22N4O3/c1-21-18(24)9-15(11-20-21)22-8-7-14(12-22)10-19-17(23)13-25-16-5-3-2-4-6-16/h2-6,9,11,14H,7-8,10,12-13H2,1H3,(H,19,23)/t14-/m1/s1. The second-order valence-corrected chi connectivity index (χ2v) is 6.18. The van der Waals surface area contributed by atoms with E-state index in [1.54, 1.807) is 19.3 Å². The van der Waals surface area contributed by atoms with Crippen molar-refractivity contribution in [3.63, 3.8) is 0 Å². The molecule has 7 nitrogen and oxygen atoms in total. The summed E-state index contributed by atoms with van der Waals surface area (Å²) in [4.78, 5) is 25.7. The maximum Gasteiger partial charge on any atom is 0.268 e. The van der Waals surface area contributed by atoms with E-state index in [-0.39, 0.29) is 18.1 Å². The number of rotatable bonds is 6. The fraction of sp³-hybridized carbons (Fsp3) is 0.389. The fourth-order valence-corrected chi connectivity index (χ4v) is 2.84. The lowest BCUT2D eigenvalue weighted by molar-refractivity contribution is -0.123. The van der Waals surface area contributed by atoms with Gasteiger partial charge in [-0.15, -0.1) is 0 Å². The molecule has 0 bridgehead atoms. The monoisotopic (exact) mass is 342 g/mol. The van der Waals surface area contributed by atoms with Crippen molar-refractivity contribution in [1.82, 2.24) is 15.1 Å². The van der Waals surface area contributed by atoms with Crippen molar-refractivity contribution in [3.05, 3.63) is 52.9 Å². The zero-order valence-electron chi connectivity index (χ0n) is 14.2. The summed E-state index contributed by atoms with van der Waals surface area (Å²) in [6, 6.07) is 10.9. The third-order valence-electron chi connectivity index (χ3n) is 4.31. The van der Waals surface area contributed by atoms with E-state index in [1.165, 1.54) is 4.68 Å². The Balaban J connectivity index is 1.43. The van der Waals surface area contributed by atoms with Gasteiger partial charge in [0.2, 0.25) is 0 Å². The Bertz CT molecular complexity index is 775. The molecular formula is C18H22N4O3. The number of nitrogens with zero attached hydrogens (tertiary/aromatic N) is 3. The number of hydrogen-bond donors (Lipinski definition) is 1. The van der Waals surface area contributed by atoms with E-state index in [0.717, 1.165) is 25.2 Å². The first-order valence-electron chi connectivity index (χ1n) is 8.34. The highest BCUT2D eigenvalue weighted by molar-refractivity contribution is 5.77. The van der Waals surface area contributed by atoms with Gasteiger partial charge in [0.05, 0.1) is 11.9 Å². The van der Waals surface area contributed by atoms with Crippen LogP contribution in [0.4, 0.5) is 5.69 Å². The van der Waals surface area contributed by atoms with Crippen LogP contribution in [0.3, 0.4) is 0 Å². The summed E-state index contributed by atoms with van der Waals surface area (Å²) in [5, 5.41) is 6.97. The van der Waals surface area contributed by atoms with Gasteiger partial charge in [-0.2, -0.15) is 5.10 Å². The molecule has 2 aromatic rings. The van der Waals surface area contributed by atoms with Gasteiger partial charge < -0.3 is 15.0 Å². The Labute approximate surface area is 146 Å². The molecule has 1 aromatic carbocycles. The van der Waals surface area contributed by atoms with Gasteiger partial charge >= 0.3 is 0 Å². The molecule has 1 atom stereocenters. The van der Waals surface area contributed by atoms with Gasteiger partial charge in [0, 0.05) is 32.7 Å². The minimum atomic E-state index is -0.127. The normalized spacial score (nSPS) is 16.7. The molecule has 1 aromatic heterocycles. The average Bonchev–Trinajstić information content (AvgIpc) is 3.10. The highest BCUT2D eigenvalue weighted by atomic mass is 16.5. The van der Waals surface area contributed by atoms with Crippen LogP contribution in [0.5, 0.6) is 5.75 Å². The minimum Gasteiger partial charge on any atom is -0.484 e. The lowest BCUT2D eigenvalue weighted by Crippen LogP contribution is -2.34. The Morgan fingerprint density at radius 3 is 2.92 bits per heavy atom. The molecule has 0 aliphatic carbocycles. The van der Waals surface area contributed by atoms with E-state index in [4.69, 9.17) is 4.74 Å². The number of aromatic nitrogens is 2. The van der Waals surface area contributed by atoms with E-state index in [2.05, 4.69) is 15.3 Å². The predicted octanol–water partition coefficient (Wildman–Crippen LogP) is 0.802. The number of benzene rings is 1. The molecule has 25 heavy (non-hydrogen) atoms. The third kappa shape index (κ3) is 4.59. The van der Waals surface area contributed by atoms with Crippen LogP contribution in [0, 0.1) is 5.92 Å². The predicted molar refractivity (Wildman–Crippen MR) is 94.7 cm³/mol. The van der Waals surface area contributed by atoms with E-state index in [9.17, 15) is 9.59 Å². The SMILES string of the molecule is Cn1ncc(N2CC[C@H](CNC(=O)COc3ccccc3)C2)cc1=O. The van der Waals surface area contributed by atoms with Crippen molar-refractivity contribution in [1.29, 1.82) is 0 Å². The van der Waals surface area contributed by atoms with Gasteiger partial charge in [-0.05, 0) is 24.5 Å².